The van der Waals surface area contributed by atoms with Crippen molar-refractivity contribution >= 4 is 43.4 Å². The molecule has 104 valence electrons. The zero-order valence-corrected chi connectivity index (χ0v) is 13.4. The van der Waals surface area contributed by atoms with E-state index in [-0.39, 0.29) is 5.69 Å². The number of nitro benzene ring substituents is 1. The van der Waals surface area contributed by atoms with Crippen molar-refractivity contribution in [3.05, 3.63) is 49.5 Å². The Balaban J connectivity index is 2.36. The number of hydrogen-bond acceptors (Lipinski definition) is 5. The lowest BCUT2D eigenvalue weighted by molar-refractivity contribution is -0.385. The highest BCUT2D eigenvalue weighted by molar-refractivity contribution is 9.11. The molecule has 0 saturated carbocycles. The molecule has 1 aromatic carbocycles. The van der Waals surface area contributed by atoms with Gasteiger partial charge in [0.2, 0.25) is 0 Å². The van der Waals surface area contributed by atoms with Crippen LogP contribution in [0.5, 0.6) is 11.5 Å². The summed E-state index contributed by atoms with van der Waals surface area (Å²) in [4.78, 5) is 14.4. The summed E-state index contributed by atoms with van der Waals surface area (Å²) in [5.41, 5.74) is -0.0262. The van der Waals surface area contributed by atoms with Gasteiger partial charge in [-0.3, -0.25) is 10.1 Å². The third kappa shape index (κ3) is 3.26. The molecule has 0 radical (unpaired) electrons. The van der Waals surface area contributed by atoms with E-state index in [0.29, 0.717) is 26.3 Å². The summed E-state index contributed by atoms with van der Waals surface area (Å²) >= 11 is 6.54. The Kier molecular flexibility index (Phi) is 4.56. The second-order valence-corrected chi connectivity index (χ2v) is 5.43. The third-order valence-corrected chi connectivity index (χ3v) is 3.58. The van der Waals surface area contributed by atoms with Gasteiger partial charge in [0.25, 0.3) is 5.69 Å². The van der Waals surface area contributed by atoms with Crippen molar-refractivity contribution < 1.29 is 9.66 Å². The predicted molar refractivity (Wildman–Crippen MR) is 82.4 cm³/mol. The Bertz CT molecular complexity index is 641. The Morgan fingerprint density at radius 2 is 1.95 bits per heavy atom. The van der Waals surface area contributed by atoms with E-state index in [1.165, 1.54) is 12.1 Å². The monoisotopic (exact) mass is 401 g/mol. The Morgan fingerprint density at radius 3 is 2.50 bits per heavy atom. The minimum Gasteiger partial charge on any atom is -0.455 e. The molecule has 0 aliphatic rings. The second kappa shape index (κ2) is 6.19. The number of halogens is 2. The van der Waals surface area contributed by atoms with Crippen LogP contribution < -0.4 is 10.1 Å². The first-order valence-electron chi connectivity index (χ1n) is 5.46. The van der Waals surface area contributed by atoms with Crippen molar-refractivity contribution in [2.24, 2.45) is 0 Å². The highest BCUT2D eigenvalue weighted by Crippen LogP contribution is 2.39. The van der Waals surface area contributed by atoms with Crippen LogP contribution in [0.2, 0.25) is 0 Å². The molecule has 0 amide bonds. The summed E-state index contributed by atoms with van der Waals surface area (Å²) in [5, 5.41) is 13.7. The van der Waals surface area contributed by atoms with Gasteiger partial charge in [-0.1, -0.05) is 0 Å². The van der Waals surface area contributed by atoms with Crippen LogP contribution in [0.15, 0.2) is 39.4 Å². The fraction of sp³-hybridized carbons (Fsp3) is 0.0833. The minimum atomic E-state index is -0.467. The maximum atomic E-state index is 10.8. The minimum absolute atomic E-state index is 0.0262. The van der Waals surface area contributed by atoms with E-state index < -0.39 is 4.92 Å². The van der Waals surface area contributed by atoms with Crippen LogP contribution >= 0.6 is 31.9 Å². The van der Waals surface area contributed by atoms with Gasteiger partial charge in [0.1, 0.15) is 11.6 Å². The van der Waals surface area contributed by atoms with Gasteiger partial charge in [0.05, 0.1) is 13.9 Å². The van der Waals surface area contributed by atoms with Gasteiger partial charge < -0.3 is 10.1 Å². The number of non-ortho nitro benzene ring substituents is 1. The lowest BCUT2D eigenvalue weighted by Crippen LogP contribution is -1.94. The Morgan fingerprint density at radius 1 is 1.30 bits per heavy atom. The summed E-state index contributed by atoms with van der Waals surface area (Å²) in [6.45, 7) is 0. The van der Waals surface area contributed by atoms with Crippen LogP contribution in [-0.4, -0.2) is 17.0 Å². The molecule has 0 bridgehead atoms. The van der Waals surface area contributed by atoms with Gasteiger partial charge in [-0.15, -0.1) is 0 Å². The smallest absolute Gasteiger partial charge is 0.271 e. The zero-order valence-electron chi connectivity index (χ0n) is 10.3. The molecule has 0 atom stereocenters. The molecular weight excluding hydrogens is 394 g/mol. The first kappa shape index (κ1) is 14.7. The predicted octanol–water partition coefficient (Wildman–Crippen LogP) is 4.35. The van der Waals surface area contributed by atoms with Gasteiger partial charge in [0, 0.05) is 31.4 Å². The van der Waals surface area contributed by atoms with Crippen LogP contribution in [-0.2, 0) is 0 Å². The molecule has 1 N–H and O–H groups in total. The van der Waals surface area contributed by atoms with Crippen molar-refractivity contribution in [2.45, 2.75) is 0 Å². The summed E-state index contributed by atoms with van der Waals surface area (Å²) < 4.78 is 6.70. The zero-order chi connectivity index (χ0) is 14.7. The molecule has 1 aromatic heterocycles. The van der Waals surface area contributed by atoms with Crippen molar-refractivity contribution in [3.8, 4) is 11.5 Å². The number of pyridine rings is 1. The fourth-order valence-electron chi connectivity index (χ4n) is 1.48. The summed E-state index contributed by atoms with van der Waals surface area (Å²) in [6, 6.07) is 6.20. The molecule has 8 heteroatoms. The fourth-order valence-corrected chi connectivity index (χ4v) is 2.80. The summed E-state index contributed by atoms with van der Waals surface area (Å²) in [7, 11) is 1.75. The molecule has 0 saturated heterocycles. The third-order valence-electron chi connectivity index (χ3n) is 2.40. The number of ether oxygens (including phenoxy) is 1. The van der Waals surface area contributed by atoms with Gasteiger partial charge in [-0.25, -0.2) is 4.98 Å². The molecule has 2 rings (SSSR count). The lowest BCUT2D eigenvalue weighted by Gasteiger charge is -2.10. The Labute approximate surface area is 131 Å². The average Bonchev–Trinajstić information content (AvgIpc) is 2.42. The van der Waals surface area contributed by atoms with Gasteiger partial charge in [-0.05, 0) is 37.9 Å². The molecule has 20 heavy (non-hydrogen) atoms. The van der Waals surface area contributed by atoms with E-state index in [1.807, 2.05) is 0 Å². The molecule has 6 nitrogen and oxygen atoms in total. The highest BCUT2D eigenvalue weighted by Gasteiger charge is 2.15. The quantitative estimate of drug-likeness (QED) is 0.607. The van der Waals surface area contributed by atoms with Gasteiger partial charge in [-0.2, -0.15) is 0 Å². The number of aromatic nitrogens is 1. The average molecular weight is 403 g/mol. The molecule has 0 spiro atoms. The van der Waals surface area contributed by atoms with Crippen LogP contribution in [0.1, 0.15) is 0 Å². The number of nitrogens with zero attached hydrogens (tertiary/aromatic N) is 2. The molecule has 0 unspecified atom stereocenters. The number of benzene rings is 1. The number of nitrogens with one attached hydrogen (secondary N) is 1. The molecule has 0 aliphatic heterocycles. The maximum Gasteiger partial charge on any atom is 0.271 e. The van der Waals surface area contributed by atoms with Gasteiger partial charge >= 0.3 is 0 Å². The number of nitro groups is 1. The largest absolute Gasteiger partial charge is 0.455 e. The number of hydrogen-bond donors (Lipinski definition) is 1. The molecule has 1 heterocycles. The van der Waals surface area contributed by atoms with Crippen LogP contribution in [0.25, 0.3) is 0 Å². The lowest BCUT2D eigenvalue weighted by atomic mass is 10.3. The molecule has 2 aromatic rings. The first-order chi connectivity index (χ1) is 9.51. The van der Waals surface area contributed by atoms with Crippen molar-refractivity contribution in [2.75, 3.05) is 12.4 Å². The SMILES string of the molecule is CNc1cc(Oc2c(Br)cc([N+](=O)[O-])cc2Br)ccn1. The van der Waals surface area contributed by atoms with E-state index in [9.17, 15) is 10.1 Å². The Hall–Kier alpha value is -1.67. The van der Waals surface area contributed by atoms with Crippen molar-refractivity contribution in [1.82, 2.24) is 4.98 Å². The maximum absolute atomic E-state index is 10.8. The van der Waals surface area contributed by atoms with Crippen LogP contribution in [0.4, 0.5) is 11.5 Å². The number of anilines is 1. The first-order valence-corrected chi connectivity index (χ1v) is 7.05. The van der Waals surface area contributed by atoms with E-state index in [2.05, 4.69) is 42.2 Å². The summed E-state index contributed by atoms with van der Waals surface area (Å²) in [5.74, 6) is 1.69. The standard InChI is InChI=1S/C12H9Br2N3O3/c1-15-11-6-8(2-3-16-11)20-12-9(13)4-7(17(18)19)5-10(12)14/h2-6H,1H3,(H,15,16). The van der Waals surface area contributed by atoms with Crippen molar-refractivity contribution in [3.63, 3.8) is 0 Å². The molecule has 0 aliphatic carbocycles. The molecule has 0 fully saturated rings. The van der Waals surface area contributed by atoms with E-state index in [0.717, 1.165) is 0 Å². The summed E-state index contributed by atoms with van der Waals surface area (Å²) in [6.07, 6.45) is 1.61. The van der Waals surface area contributed by atoms with E-state index in [1.54, 1.807) is 25.4 Å². The second-order valence-electron chi connectivity index (χ2n) is 3.72. The van der Waals surface area contributed by atoms with Crippen molar-refractivity contribution in [1.29, 1.82) is 0 Å². The molecular formula is C12H9Br2N3O3. The van der Waals surface area contributed by atoms with Crippen LogP contribution in [0, 0.1) is 10.1 Å². The van der Waals surface area contributed by atoms with E-state index >= 15 is 0 Å². The van der Waals surface area contributed by atoms with E-state index in [4.69, 9.17) is 4.74 Å². The topological polar surface area (TPSA) is 77.3 Å². The highest BCUT2D eigenvalue weighted by atomic mass is 79.9. The normalized spacial score (nSPS) is 10.2. The van der Waals surface area contributed by atoms with Crippen LogP contribution in [0.3, 0.4) is 0 Å². The number of rotatable bonds is 4. The van der Waals surface area contributed by atoms with Gasteiger partial charge in [0.15, 0.2) is 5.75 Å².